The molecule has 0 aliphatic heterocycles. The van der Waals surface area contributed by atoms with Crippen molar-refractivity contribution in [2.75, 3.05) is 6.61 Å². The van der Waals surface area contributed by atoms with E-state index in [9.17, 15) is 10.1 Å². The molecule has 0 aliphatic carbocycles. The lowest BCUT2D eigenvalue weighted by atomic mass is 9.90. The molecule has 0 heterocycles. The zero-order chi connectivity index (χ0) is 17.6. The average molecular weight is 322 g/mol. The van der Waals surface area contributed by atoms with Gasteiger partial charge in [-0.1, -0.05) is 56.3 Å². The molecule has 0 saturated carbocycles. The third kappa shape index (κ3) is 4.36. The highest BCUT2D eigenvalue weighted by Gasteiger charge is 2.29. The number of nitrogens with one attached hydrogen (secondary N) is 1. The number of carbonyl (C=O) groups is 1. The van der Waals surface area contributed by atoms with Gasteiger partial charge in [0.2, 0.25) is 0 Å². The predicted molar refractivity (Wildman–Crippen MR) is 94.4 cm³/mol. The monoisotopic (exact) mass is 322 g/mol. The highest BCUT2D eigenvalue weighted by molar-refractivity contribution is 5.79. The summed E-state index contributed by atoms with van der Waals surface area (Å²) in [6, 6.07) is 19.8. The zero-order valence-electron chi connectivity index (χ0n) is 14.2. The molecular formula is C20H22N2O2. The SMILES string of the molecule is CC(C)[C@](C)(C#N)NC(=O)COc1ccc(-c2ccccc2)cc1. The Bertz CT molecular complexity index is 718. The lowest BCUT2D eigenvalue weighted by Gasteiger charge is -2.27. The van der Waals surface area contributed by atoms with Crippen LogP contribution in [-0.2, 0) is 4.79 Å². The van der Waals surface area contributed by atoms with Crippen LogP contribution in [0.3, 0.4) is 0 Å². The summed E-state index contributed by atoms with van der Waals surface area (Å²) in [4.78, 5) is 12.0. The van der Waals surface area contributed by atoms with E-state index in [1.807, 2.05) is 68.4 Å². The second-order valence-electron chi connectivity index (χ2n) is 6.20. The maximum Gasteiger partial charge on any atom is 0.259 e. The van der Waals surface area contributed by atoms with Crippen molar-refractivity contribution in [2.45, 2.75) is 26.3 Å². The number of carbonyl (C=O) groups excluding carboxylic acids is 1. The Morgan fingerprint density at radius 2 is 1.71 bits per heavy atom. The third-order valence-corrected chi connectivity index (χ3v) is 4.12. The highest BCUT2D eigenvalue weighted by Crippen LogP contribution is 2.22. The molecule has 0 bridgehead atoms. The fourth-order valence-corrected chi connectivity index (χ4v) is 2.15. The minimum atomic E-state index is -0.891. The van der Waals surface area contributed by atoms with E-state index in [4.69, 9.17) is 4.74 Å². The first-order valence-electron chi connectivity index (χ1n) is 7.95. The summed E-state index contributed by atoms with van der Waals surface area (Å²) in [7, 11) is 0. The van der Waals surface area contributed by atoms with Gasteiger partial charge in [-0.25, -0.2) is 0 Å². The molecule has 1 atom stereocenters. The van der Waals surface area contributed by atoms with Crippen molar-refractivity contribution < 1.29 is 9.53 Å². The van der Waals surface area contributed by atoms with Gasteiger partial charge < -0.3 is 10.1 Å². The van der Waals surface area contributed by atoms with Gasteiger partial charge in [-0.3, -0.25) is 4.79 Å². The summed E-state index contributed by atoms with van der Waals surface area (Å²) in [5, 5.41) is 11.9. The smallest absolute Gasteiger partial charge is 0.259 e. The van der Waals surface area contributed by atoms with Crippen LogP contribution in [0.1, 0.15) is 20.8 Å². The van der Waals surface area contributed by atoms with Crippen LogP contribution in [-0.4, -0.2) is 18.1 Å². The lowest BCUT2D eigenvalue weighted by molar-refractivity contribution is -0.124. The van der Waals surface area contributed by atoms with E-state index in [-0.39, 0.29) is 18.4 Å². The molecule has 1 N–H and O–H groups in total. The molecular weight excluding hydrogens is 300 g/mol. The number of benzene rings is 2. The van der Waals surface area contributed by atoms with Crippen LogP contribution in [0, 0.1) is 17.2 Å². The fraction of sp³-hybridized carbons (Fsp3) is 0.300. The van der Waals surface area contributed by atoms with Crippen molar-refractivity contribution >= 4 is 5.91 Å². The molecule has 1 amide bonds. The number of nitrogens with zero attached hydrogens (tertiary/aromatic N) is 1. The topological polar surface area (TPSA) is 62.1 Å². The Morgan fingerprint density at radius 1 is 1.12 bits per heavy atom. The van der Waals surface area contributed by atoms with Crippen molar-refractivity contribution in [3.05, 3.63) is 54.6 Å². The molecule has 24 heavy (non-hydrogen) atoms. The van der Waals surface area contributed by atoms with Gasteiger partial charge in [0.15, 0.2) is 6.61 Å². The minimum absolute atomic E-state index is 0.0107. The molecule has 0 aliphatic rings. The maximum atomic E-state index is 12.0. The summed E-state index contributed by atoms with van der Waals surface area (Å²) in [6.45, 7) is 5.39. The van der Waals surface area contributed by atoms with Crippen LogP contribution < -0.4 is 10.1 Å². The van der Waals surface area contributed by atoms with Crippen LogP contribution in [0.15, 0.2) is 54.6 Å². The van der Waals surface area contributed by atoms with E-state index < -0.39 is 5.54 Å². The van der Waals surface area contributed by atoms with Gasteiger partial charge in [0.1, 0.15) is 11.3 Å². The Labute approximate surface area is 143 Å². The van der Waals surface area contributed by atoms with E-state index in [1.54, 1.807) is 6.92 Å². The molecule has 2 aromatic rings. The van der Waals surface area contributed by atoms with E-state index in [0.29, 0.717) is 5.75 Å². The van der Waals surface area contributed by atoms with Crippen molar-refractivity contribution in [1.29, 1.82) is 5.26 Å². The molecule has 4 heteroatoms. The first kappa shape index (κ1) is 17.6. The Hall–Kier alpha value is -2.80. The summed E-state index contributed by atoms with van der Waals surface area (Å²) in [6.07, 6.45) is 0. The molecule has 0 radical (unpaired) electrons. The maximum absolute atomic E-state index is 12.0. The number of amides is 1. The van der Waals surface area contributed by atoms with Gasteiger partial charge in [0.25, 0.3) is 5.91 Å². The van der Waals surface area contributed by atoms with Gasteiger partial charge in [-0.15, -0.1) is 0 Å². The van der Waals surface area contributed by atoms with Crippen LogP contribution in [0.5, 0.6) is 5.75 Å². The number of ether oxygens (including phenoxy) is 1. The standard InChI is InChI=1S/C20H22N2O2/c1-15(2)20(3,14-21)22-19(23)13-24-18-11-9-17(10-12-18)16-7-5-4-6-8-16/h4-12,15H,13H2,1-3H3,(H,22,23)/t20-/m0/s1. The van der Waals surface area contributed by atoms with Crippen LogP contribution in [0.25, 0.3) is 11.1 Å². The number of rotatable bonds is 6. The highest BCUT2D eigenvalue weighted by atomic mass is 16.5. The van der Waals surface area contributed by atoms with E-state index >= 15 is 0 Å². The van der Waals surface area contributed by atoms with E-state index in [0.717, 1.165) is 11.1 Å². The largest absolute Gasteiger partial charge is 0.484 e. The molecule has 2 rings (SSSR count). The second-order valence-corrected chi connectivity index (χ2v) is 6.20. The minimum Gasteiger partial charge on any atom is -0.484 e. The average Bonchev–Trinajstić information content (AvgIpc) is 2.61. The van der Waals surface area contributed by atoms with Crippen LogP contribution in [0.4, 0.5) is 0 Å². The van der Waals surface area contributed by atoms with Gasteiger partial charge in [0.05, 0.1) is 6.07 Å². The lowest BCUT2D eigenvalue weighted by Crippen LogP contribution is -2.50. The summed E-state index contributed by atoms with van der Waals surface area (Å²) >= 11 is 0. The van der Waals surface area contributed by atoms with Crippen molar-refractivity contribution in [2.24, 2.45) is 5.92 Å². The van der Waals surface area contributed by atoms with Gasteiger partial charge in [-0.2, -0.15) is 5.26 Å². The van der Waals surface area contributed by atoms with Crippen molar-refractivity contribution in [3.8, 4) is 22.9 Å². The van der Waals surface area contributed by atoms with E-state index in [1.165, 1.54) is 0 Å². The van der Waals surface area contributed by atoms with Crippen LogP contribution in [0.2, 0.25) is 0 Å². The quantitative estimate of drug-likeness (QED) is 0.880. The first-order valence-corrected chi connectivity index (χ1v) is 7.95. The van der Waals surface area contributed by atoms with Gasteiger partial charge in [-0.05, 0) is 36.1 Å². The predicted octanol–water partition coefficient (Wildman–Crippen LogP) is 3.79. The molecule has 4 nitrogen and oxygen atoms in total. The summed E-state index contributed by atoms with van der Waals surface area (Å²) in [5.41, 5.74) is 1.32. The summed E-state index contributed by atoms with van der Waals surface area (Å²) in [5.74, 6) is 0.324. The number of hydrogen-bond acceptors (Lipinski definition) is 3. The molecule has 0 spiro atoms. The number of hydrogen-bond donors (Lipinski definition) is 1. The first-order chi connectivity index (χ1) is 11.4. The Kier molecular flexibility index (Phi) is 5.59. The Balaban J connectivity index is 1.93. The van der Waals surface area contributed by atoms with Crippen LogP contribution >= 0.6 is 0 Å². The summed E-state index contributed by atoms with van der Waals surface area (Å²) < 4.78 is 5.51. The fourth-order valence-electron chi connectivity index (χ4n) is 2.15. The molecule has 124 valence electrons. The van der Waals surface area contributed by atoms with Gasteiger partial charge >= 0.3 is 0 Å². The third-order valence-electron chi connectivity index (χ3n) is 4.12. The zero-order valence-corrected chi connectivity index (χ0v) is 14.2. The molecule has 0 unspecified atom stereocenters. The van der Waals surface area contributed by atoms with Crippen molar-refractivity contribution in [1.82, 2.24) is 5.32 Å². The molecule has 0 saturated heterocycles. The van der Waals surface area contributed by atoms with Crippen molar-refractivity contribution in [3.63, 3.8) is 0 Å². The second kappa shape index (κ2) is 7.65. The van der Waals surface area contributed by atoms with Gasteiger partial charge in [0, 0.05) is 0 Å². The molecule has 2 aromatic carbocycles. The number of nitriles is 1. The Morgan fingerprint density at radius 3 is 2.25 bits per heavy atom. The molecule has 0 aromatic heterocycles. The molecule has 0 fully saturated rings. The van der Waals surface area contributed by atoms with E-state index in [2.05, 4.69) is 11.4 Å². The normalized spacial score (nSPS) is 13.0.